The molecule has 4 aromatic rings. The third kappa shape index (κ3) is 4.62. The molecule has 0 saturated heterocycles. The zero-order valence-corrected chi connectivity index (χ0v) is 17.1. The number of benzene rings is 3. The first-order valence-corrected chi connectivity index (χ1v) is 10.1. The van der Waals surface area contributed by atoms with Gasteiger partial charge in [-0.2, -0.15) is 0 Å². The molecule has 0 N–H and O–H groups in total. The summed E-state index contributed by atoms with van der Waals surface area (Å²) < 4.78 is 18.8. The number of fused-ring (bicyclic) bond motifs is 1. The van der Waals surface area contributed by atoms with Crippen LogP contribution in [0.3, 0.4) is 0 Å². The Morgan fingerprint density at radius 1 is 0.935 bits per heavy atom. The fourth-order valence-electron chi connectivity index (χ4n) is 3.44. The summed E-state index contributed by atoms with van der Waals surface area (Å²) in [4.78, 5) is 17.7. The average Bonchev–Trinajstić information content (AvgIpc) is 2.80. The first kappa shape index (κ1) is 20.3. The van der Waals surface area contributed by atoms with Crippen LogP contribution in [0, 0.1) is 17.7 Å². The number of halogens is 1. The van der Waals surface area contributed by atoms with Crippen LogP contribution in [0.4, 0.5) is 4.39 Å². The summed E-state index contributed by atoms with van der Waals surface area (Å²) in [6.45, 7) is 2.01. The molecule has 4 heteroatoms. The van der Waals surface area contributed by atoms with Crippen molar-refractivity contribution >= 4 is 16.9 Å². The quantitative estimate of drug-likeness (QED) is 0.328. The number of nitrogens with zero attached hydrogens (tertiary/aromatic N) is 1. The predicted molar refractivity (Wildman–Crippen MR) is 119 cm³/mol. The van der Waals surface area contributed by atoms with Gasteiger partial charge in [0.15, 0.2) is 0 Å². The van der Waals surface area contributed by atoms with Crippen LogP contribution in [-0.4, -0.2) is 17.6 Å². The lowest BCUT2D eigenvalue weighted by atomic mass is 9.94. The van der Waals surface area contributed by atoms with Gasteiger partial charge in [0.1, 0.15) is 11.5 Å². The van der Waals surface area contributed by atoms with Crippen molar-refractivity contribution in [3.05, 3.63) is 113 Å². The molecule has 1 aromatic heterocycles. The number of para-hydroxylation sites is 1. The van der Waals surface area contributed by atoms with Crippen molar-refractivity contribution in [3.63, 3.8) is 0 Å². The number of esters is 1. The van der Waals surface area contributed by atoms with Crippen LogP contribution in [0.1, 0.15) is 39.7 Å². The first-order chi connectivity index (χ1) is 15.2. The standard InChI is InChI=1S/C27H20FNO2/c1-2-31-27(30)26-23(18-20-12-15-21(28)16-13-20)22-10-6-7-11-24(22)29-25(26)17-14-19-8-4-3-5-9-19/h3-13,15-16H,2,18H2,1H3. The number of pyridine rings is 1. The molecule has 3 aromatic carbocycles. The molecular weight excluding hydrogens is 389 g/mol. The minimum atomic E-state index is -0.463. The van der Waals surface area contributed by atoms with Crippen LogP contribution < -0.4 is 0 Å². The highest BCUT2D eigenvalue weighted by Gasteiger charge is 2.21. The fraction of sp³-hybridized carbons (Fsp3) is 0.111. The summed E-state index contributed by atoms with van der Waals surface area (Å²) in [5.41, 5.74) is 3.95. The molecule has 3 nitrogen and oxygen atoms in total. The Morgan fingerprint density at radius 3 is 2.39 bits per heavy atom. The summed E-state index contributed by atoms with van der Waals surface area (Å²) in [5, 5.41) is 0.847. The second-order valence-electron chi connectivity index (χ2n) is 6.97. The molecule has 0 aliphatic rings. The first-order valence-electron chi connectivity index (χ1n) is 10.1. The van der Waals surface area contributed by atoms with E-state index in [2.05, 4.69) is 16.8 Å². The van der Waals surface area contributed by atoms with E-state index in [4.69, 9.17) is 4.74 Å². The molecule has 152 valence electrons. The average molecular weight is 409 g/mol. The molecular formula is C27H20FNO2. The Morgan fingerprint density at radius 2 is 1.65 bits per heavy atom. The maximum absolute atomic E-state index is 13.4. The van der Waals surface area contributed by atoms with Crippen molar-refractivity contribution in [1.29, 1.82) is 0 Å². The highest BCUT2D eigenvalue weighted by atomic mass is 19.1. The number of hydrogen-bond donors (Lipinski definition) is 0. The van der Waals surface area contributed by atoms with E-state index in [0.29, 0.717) is 17.7 Å². The molecule has 0 aliphatic heterocycles. The Balaban J connectivity index is 1.93. The van der Waals surface area contributed by atoms with Crippen LogP contribution in [0.15, 0.2) is 78.9 Å². The molecule has 0 atom stereocenters. The third-order valence-electron chi connectivity index (χ3n) is 4.87. The van der Waals surface area contributed by atoms with Crippen LogP contribution in [0.25, 0.3) is 10.9 Å². The lowest BCUT2D eigenvalue weighted by molar-refractivity contribution is 0.0524. The van der Waals surface area contributed by atoms with Crippen LogP contribution in [0.2, 0.25) is 0 Å². The Labute approximate surface area is 180 Å². The van der Waals surface area contributed by atoms with Crippen LogP contribution in [0.5, 0.6) is 0 Å². The van der Waals surface area contributed by atoms with Gasteiger partial charge >= 0.3 is 5.97 Å². The number of carbonyl (C=O) groups excluding carboxylic acids is 1. The van der Waals surface area contributed by atoms with Gasteiger partial charge in [-0.1, -0.05) is 54.5 Å². The molecule has 0 unspecified atom stereocenters. The van der Waals surface area contributed by atoms with Gasteiger partial charge < -0.3 is 4.74 Å². The van der Waals surface area contributed by atoms with Crippen LogP contribution >= 0.6 is 0 Å². The molecule has 0 amide bonds. The number of ether oxygens (including phenoxy) is 1. The minimum absolute atomic E-state index is 0.243. The minimum Gasteiger partial charge on any atom is -0.462 e. The Hall–Kier alpha value is -3.97. The molecule has 31 heavy (non-hydrogen) atoms. The smallest absolute Gasteiger partial charge is 0.341 e. The van der Waals surface area contributed by atoms with E-state index in [-0.39, 0.29) is 12.4 Å². The van der Waals surface area contributed by atoms with Crippen molar-refractivity contribution in [2.24, 2.45) is 0 Å². The largest absolute Gasteiger partial charge is 0.462 e. The van der Waals surface area contributed by atoms with Crippen molar-refractivity contribution in [3.8, 4) is 11.8 Å². The van der Waals surface area contributed by atoms with E-state index < -0.39 is 5.97 Å². The normalized spacial score (nSPS) is 10.4. The molecule has 0 saturated carbocycles. The highest BCUT2D eigenvalue weighted by molar-refractivity contribution is 5.99. The summed E-state index contributed by atoms with van der Waals surface area (Å²) in [6.07, 6.45) is 0.428. The lowest BCUT2D eigenvalue weighted by Crippen LogP contribution is -2.13. The summed E-state index contributed by atoms with van der Waals surface area (Å²) in [7, 11) is 0. The maximum atomic E-state index is 13.4. The monoisotopic (exact) mass is 409 g/mol. The zero-order valence-electron chi connectivity index (χ0n) is 17.1. The van der Waals surface area contributed by atoms with Gasteiger partial charge in [0.05, 0.1) is 17.7 Å². The second kappa shape index (κ2) is 9.23. The van der Waals surface area contributed by atoms with E-state index in [9.17, 15) is 9.18 Å². The van der Waals surface area contributed by atoms with Gasteiger partial charge in [0.25, 0.3) is 0 Å². The number of aromatic nitrogens is 1. The second-order valence-corrected chi connectivity index (χ2v) is 6.97. The SMILES string of the molecule is CCOC(=O)c1c(C#Cc2ccccc2)nc2ccccc2c1Cc1ccc(F)cc1. The molecule has 1 heterocycles. The summed E-state index contributed by atoms with van der Waals surface area (Å²) >= 11 is 0. The van der Waals surface area contributed by atoms with Crippen LogP contribution in [-0.2, 0) is 11.2 Å². The van der Waals surface area contributed by atoms with E-state index in [1.807, 2.05) is 54.6 Å². The van der Waals surface area contributed by atoms with Crippen molar-refractivity contribution in [2.45, 2.75) is 13.3 Å². The Bertz CT molecular complexity index is 1290. The molecule has 4 rings (SSSR count). The number of rotatable bonds is 4. The van der Waals surface area contributed by atoms with Crippen molar-refractivity contribution in [2.75, 3.05) is 6.61 Å². The van der Waals surface area contributed by atoms with Gasteiger partial charge in [0.2, 0.25) is 0 Å². The lowest BCUT2D eigenvalue weighted by Gasteiger charge is -2.14. The molecule has 0 radical (unpaired) electrons. The maximum Gasteiger partial charge on any atom is 0.341 e. The van der Waals surface area contributed by atoms with Gasteiger partial charge in [0, 0.05) is 10.9 Å². The van der Waals surface area contributed by atoms with Gasteiger partial charge in [-0.3, -0.25) is 0 Å². The van der Waals surface area contributed by atoms with Gasteiger partial charge in [-0.05, 0) is 60.7 Å². The van der Waals surface area contributed by atoms with Gasteiger partial charge in [-0.15, -0.1) is 0 Å². The van der Waals surface area contributed by atoms with Gasteiger partial charge in [-0.25, -0.2) is 14.2 Å². The fourth-order valence-corrected chi connectivity index (χ4v) is 3.44. The van der Waals surface area contributed by atoms with Crippen molar-refractivity contribution in [1.82, 2.24) is 4.98 Å². The number of carbonyl (C=O) groups is 1. The summed E-state index contributed by atoms with van der Waals surface area (Å²) in [5.74, 6) is 5.40. The molecule has 0 bridgehead atoms. The molecule has 0 spiro atoms. The zero-order chi connectivity index (χ0) is 21.6. The Kier molecular flexibility index (Phi) is 6.05. The highest BCUT2D eigenvalue weighted by Crippen LogP contribution is 2.27. The summed E-state index contributed by atoms with van der Waals surface area (Å²) in [6, 6.07) is 23.4. The number of hydrogen-bond acceptors (Lipinski definition) is 3. The predicted octanol–water partition coefficient (Wildman–Crippen LogP) is 5.54. The van der Waals surface area contributed by atoms with E-state index in [1.165, 1.54) is 12.1 Å². The van der Waals surface area contributed by atoms with E-state index in [0.717, 1.165) is 27.6 Å². The van der Waals surface area contributed by atoms with E-state index in [1.54, 1.807) is 19.1 Å². The van der Waals surface area contributed by atoms with E-state index >= 15 is 0 Å². The molecule has 0 fully saturated rings. The molecule has 0 aliphatic carbocycles. The third-order valence-corrected chi connectivity index (χ3v) is 4.87. The van der Waals surface area contributed by atoms with Crippen molar-refractivity contribution < 1.29 is 13.9 Å². The topological polar surface area (TPSA) is 39.2 Å².